The number of hydrogen-bond acceptors (Lipinski definition) is 6. The molecule has 288 valence electrons. The van der Waals surface area contributed by atoms with Gasteiger partial charge in [0.1, 0.15) is 6.29 Å². The van der Waals surface area contributed by atoms with Crippen LogP contribution >= 0.6 is 0 Å². The van der Waals surface area contributed by atoms with Crippen LogP contribution in [0, 0.1) is 12.8 Å². The Morgan fingerprint density at radius 2 is 1.55 bits per heavy atom. The van der Waals surface area contributed by atoms with E-state index in [9.17, 15) is 9.59 Å². The Bertz CT molecular complexity index is 1910. The molecule has 7 heteroatoms. The van der Waals surface area contributed by atoms with E-state index in [1.165, 1.54) is 82.5 Å². The van der Waals surface area contributed by atoms with E-state index in [1.54, 1.807) is 7.05 Å². The first-order valence-electron chi connectivity index (χ1n) is 20.6. The van der Waals surface area contributed by atoms with E-state index in [-0.39, 0.29) is 5.91 Å². The summed E-state index contributed by atoms with van der Waals surface area (Å²) in [5, 5.41) is 5.85. The molecule has 2 saturated heterocycles. The Balaban J connectivity index is 0.000000462. The third kappa shape index (κ3) is 9.33. The molecule has 0 spiro atoms. The van der Waals surface area contributed by atoms with Crippen molar-refractivity contribution in [2.45, 2.75) is 70.3 Å². The maximum Gasteiger partial charge on any atom is 0.219 e. The Labute approximate surface area is 328 Å². The molecule has 8 rings (SSSR count). The summed E-state index contributed by atoms with van der Waals surface area (Å²) < 4.78 is 0. The summed E-state index contributed by atoms with van der Waals surface area (Å²) >= 11 is 0. The van der Waals surface area contributed by atoms with E-state index < -0.39 is 0 Å². The molecule has 3 heterocycles. The number of piperidine rings is 1. The van der Waals surface area contributed by atoms with Crippen LogP contribution in [-0.4, -0.2) is 70.0 Å². The van der Waals surface area contributed by atoms with E-state index in [4.69, 9.17) is 0 Å². The largest absolute Gasteiger partial charge is 0.381 e. The quantitative estimate of drug-likeness (QED) is 0.127. The van der Waals surface area contributed by atoms with Crippen LogP contribution < -0.4 is 20.4 Å². The lowest BCUT2D eigenvalue weighted by atomic mass is 9.69. The van der Waals surface area contributed by atoms with Crippen molar-refractivity contribution in [1.29, 1.82) is 0 Å². The summed E-state index contributed by atoms with van der Waals surface area (Å²) in [6.45, 7) is 15.4. The van der Waals surface area contributed by atoms with E-state index in [0.29, 0.717) is 31.1 Å². The van der Waals surface area contributed by atoms with Gasteiger partial charge < -0.3 is 25.2 Å². The number of anilines is 2. The van der Waals surface area contributed by atoms with Gasteiger partial charge in [0.15, 0.2) is 0 Å². The molecule has 4 aliphatic rings. The first kappa shape index (κ1) is 38.4. The van der Waals surface area contributed by atoms with Crippen molar-refractivity contribution >= 4 is 29.3 Å². The summed E-state index contributed by atoms with van der Waals surface area (Å²) in [7, 11) is 1.59. The first-order chi connectivity index (χ1) is 26.9. The number of carbonyl (C=O) groups excluding carboxylic acids is 2. The number of amides is 1. The normalized spacial score (nSPS) is 19.8. The Morgan fingerprint density at radius 1 is 0.818 bits per heavy atom. The van der Waals surface area contributed by atoms with Gasteiger partial charge in [0.2, 0.25) is 5.91 Å². The smallest absolute Gasteiger partial charge is 0.219 e. The second-order valence-corrected chi connectivity index (χ2v) is 16.0. The zero-order valence-corrected chi connectivity index (χ0v) is 32.9. The second-order valence-electron chi connectivity index (χ2n) is 16.0. The van der Waals surface area contributed by atoms with Crippen LogP contribution in [0.5, 0.6) is 0 Å². The van der Waals surface area contributed by atoms with Gasteiger partial charge in [-0.25, -0.2) is 0 Å². The van der Waals surface area contributed by atoms with Gasteiger partial charge in [-0.15, -0.1) is 0 Å². The summed E-state index contributed by atoms with van der Waals surface area (Å²) in [6.07, 6.45) is 7.36. The van der Waals surface area contributed by atoms with Gasteiger partial charge in [-0.2, -0.15) is 0 Å². The predicted molar refractivity (Wildman–Crippen MR) is 227 cm³/mol. The van der Waals surface area contributed by atoms with Crippen LogP contribution in [0.15, 0.2) is 97.6 Å². The van der Waals surface area contributed by atoms with E-state index in [0.717, 1.165) is 63.7 Å². The number of carbonyl (C=O) groups is 2. The van der Waals surface area contributed by atoms with Crippen molar-refractivity contribution in [2.24, 2.45) is 5.92 Å². The average molecular weight is 738 g/mol. The van der Waals surface area contributed by atoms with Gasteiger partial charge in [-0.05, 0) is 103 Å². The van der Waals surface area contributed by atoms with Crippen molar-refractivity contribution < 1.29 is 9.59 Å². The van der Waals surface area contributed by atoms with E-state index in [1.807, 2.05) is 0 Å². The first-order valence-corrected chi connectivity index (χ1v) is 20.6. The maximum absolute atomic E-state index is 10.5. The monoisotopic (exact) mass is 737 g/mol. The summed E-state index contributed by atoms with van der Waals surface area (Å²) in [5.74, 6) is 1.72. The minimum Gasteiger partial charge on any atom is -0.381 e. The number of nitrogens with zero attached hydrogens (tertiary/aromatic N) is 3. The van der Waals surface area contributed by atoms with Crippen LogP contribution in [0.25, 0.3) is 5.70 Å². The molecule has 0 radical (unpaired) electrons. The molecular formula is C48H59N5O2. The SMILES string of the molecule is C=C1NCc2cc(N3CCN(CC4CCN(c5ccc(C6c7ccc(C)cc7CCC6c6ccccc6)cc5)CC4)CC3)ccc21.CNC(=O)CCCC=O. The lowest BCUT2D eigenvalue weighted by molar-refractivity contribution is -0.120. The number of benzene rings is 4. The van der Waals surface area contributed by atoms with Gasteiger partial charge in [0.05, 0.1) is 0 Å². The van der Waals surface area contributed by atoms with Gasteiger partial charge in [-0.1, -0.05) is 78.9 Å². The number of aldehydes is 1. The van der Waals surface area contributed by atoms with Crippen molar-refractivity contribution in [2.75, 3.05) is 62.7 Å². The van der Waals surface area contributed by atoms with Crippen LogP contribution in [0.1, 0.15) is 89.3 Å². The third-order valence-corrected chi connectivity index (χ3v) is 12.4. The van der Waals surface area contributed by atoms with Crippen molar-refractivity contribution in [1.82, 2.24) is 15.5 Å². The van der Waals surface area contributed by atoms with Crippen LogP contribution in [0.3, 0.4) is 0 Å². The molecule has 1 aliphatic carbocycles. The summed E-state index contributed by atoms with van der Waals surface area (Å²) in [6, 6.07) is 34.9. The molecular weight excluding hydrogens is 679 g/mol. The molecule has 7 nitrogen and oxygen atoms in total. The molecule has 4 aromatic carbocycles. The fourth-order valence-corrected chi connectivity index (χ4v) is 9.23. The van der Waals surface area contributed by atoms with Gasteiger partial charge in [0, 0.05) is 101 Å². The Morgan fingerprint density at radius 3 is 2.27 bits per heavy atom. The number of fused-ring (bicyclic) bond motifs is 2. The Hall–Kier alpha value is -4.88. The lowest BCUT2D eigenvalue weighted by Crippen LogP contribution is -2.49. The molecule has 0 aromatic heterocycles. The molecule has 0 saturated carbocycles. The molecule has 2 atom stereocenters. The highest BCUT2D eigenvalue weighted by molar-refractivity contribution is 5.75. The zero-order valence-electron chi connectivity index (χ0n) is 32.9. The van der Waals surface area contributed by atoms with Crippen molar-refractivity contribution in [3.8, 4) is 0 Å². The summed E-state index contributed by atoms with van der Waals surface area (Å²) in [5.41, 5.74) is 13.9. The molecule has 4 aromatic rings. The summed E-state index contributed by atoms with van der Waals surface area (Å²) in [4.78, 5) is 28.1. The van der Waals surface area contributed by atoms with Crippen LogP contribution in [0.2, 0.25) is 0 Å². The van der Waals surface area contributed by atoms with E-state index in [2.05, 4.69) is 130 Å². The fourth-order valence-electron chi connectivity index (χ4n) is 9.23. The molecule has 3 aliphatic heterocycles. The van der Waals surface area contributed by atoms with Gasteiger partial charge in [0.25, 0.3) is 0 Å². The number of unbranched alkanes of at least 4 members (excludes halogenated alkanes) is 1. The highest BCUT2D eigenvalue weighted by Gasteiger charge is 2.32. The predicted octanol–water partition coefficient (Wildman–Crippen LogP) is 8.07. The number of piperazine rings is 1. The molecule has 55 heavy (non-hydrogen) atoms. The highest BCUT2D eigenvalue weighted by Crippen LogP contribution is 2.46. The van der Waals surface area contributed by atoms with Crippen LogP contribution in [-0.2, 0) is 22.6 Å². The number of hydrogen-bond donors (Lipinski definition) is 2. The molecule has 2 N–H and O–H groups in total. The van der Waals surface area contributed by atoms with Gasteiger partial charge in [-0.3, -0.25) is 9.69 Å². The van der Waals surface area contributed by atoms with Crippen molar-refractivity contribution in [3.05, 3.63) is 137 Å². The average Bonchev–Trinajstić information content (AvgIpc) is 3.61. The van der Waals surface area contributed by atoms with Crippen LogP contribution in [0.4, 0.5) is 11.4 Å². The number of nitrogens with one attached hydrogen (secondary N) is 2. The minimum atomic E-state index is -0.00292. The molecule has 0 bridgehead atoms. The highest BCUT2D eigenvalue weighted by atomic mass is 16.1. The molecule has 2 fully saturated rings. The minimum absolute atomic E-state index is 0.00292. The molecule has 1 amide bonds. The second kappa shape index (κ2) is 18.2. The zero-order chi connectivity index (χ0) is 38.1. The molecule has 2 unspecified atom stereocenters. The maximum atomic E-state index is 10.5. The number of rotatable bonds is 10. The standard InChI is InChI=1S/C42H48N4.C6H11NO2/c1-30-8-15-41-35(26-30)11-16-40(33-6-4-3-5-7-33)42(41)34-9-12-37(13-10-34)45-20-18-32(19-21-45)29-44-22-24-46(25-23-44)38-14-17-39-31(2)43-28-36(39)27-38;1-7-6(9)4-2-3-5-8/h3-10,12-15,17,26-27,32,40,42-43H,2,11,16,18-25,28-29H2,1H3;5H,2-4H2,1H3,(H,7,9). The fraction of sp³-hybridized carbons (Fsp3) is 0.417. The van der Waals surface area contributed by atoms with Gasteiger partial charge >= 0.3 is 0 Å². The van der Waals surface area contributed by atoms with E-state index >= 15 is 0 Å². The Kier molecular flexibility index (Phi) is 12.7. The number of aryl methyl sites for hydroxylation is 2. The lowest BCUT2D eigenvalue weighted by Gasteiger charge is -2.40. The third-order valence-electron chi connectivity index (χ3n) is 12.4. The topological polar surface area (TPSA) is 67.9 Å². The van der Waals surface area contributed by atoms with Crippen molar-refractivity contribution in [3.63, 3.8) is 0 Å².